The lowest BCUT2D eigenvalue weighted by Crippen LogP contribution is -2.11. The zero-order chi connectivity index (χ0) is 14.8. The van der Waals surface area contributed by atoms with Crippen LogP contribution in [0.3, 0.4) is 0 Å². The molecule has 0 saturated carbocycles. The van der Waals surface area contributed by atoms with Crippen LogP contribution in [0.5, 0.6) is 0 Å². The van der Waals surface area contributed by atoms with Gasteiger partial charge in [0.05, 0.1) is 6.04 Å². The van der Waals surface area contributed by atoms with Crippen molar-refractivity contribution in [2.75, 3.05) is 5.75 Å². The summed E-state index contributed by atoms with van der Waals surface area (Å²) in [6.07, 6.45) is 0. The van der Waals surface area contributed by atoms with Gasteiger partial charge >= 0.3 is 0 Å². The van der Waals surface area contributed by atoms with Crippen molar-refractivity contribution in [1.29, 1.82) is 0 Å². The first kappa shape index (κ1) is 14.6. The molecule has 1 unspecified atom stereocenters. The van der Waals surface area contributed by atoms with Gasteiger partial charge in [0.1, 0.15) is 17.2 Å². The number of thioether (sulfide) groups is 1. The van der Waals surface area contributed by atoms with Gasteiger partial charge in [0.2, 0.25) is 0 Å². The van der Waals surface area contributed by atoms with E-state index >= 15 is 0 Å². The molecule has 1 heterocycles. The highest BCUT2D eigenvalue weighted by molar-refractivity contribution is 9.10. The standard InChI is InChI=1S/C16H13BrFNOS/c17-11-1-4-13(5-2-11)21-9-14(19)16-8-10-7-12(18)3-6-15(10)20-16/h1-8,14H,9,19H2. The highest BCUT2D eigenvalue weighted by Gasteiger charge is 2.13. The van der Waals surface area contributed by atoms with Crippen LogP contribution in [0.2, 0.25) is 0 Å². The Morgan fingerprint density at radius 3 is 2.67 bits per heavy atom. The molecular weight excluding hydrogens is 353 g/mol. The van der Waals surface area contributed by atoms with Gasteiger partial charge in [-0.3, -0.25) is 0 Å². The highest BCUT2D eigenvalue weighted by atomic mass is 79.9. The van der Waals surface area contributed by atoms with Gasteiger partial charge in [0.15, 0.2) is 0 Å². The fourth-order valence-electron chi connectivity index (χ4n) is 2.02. The van der Waals surface area contributed by atoms with E-state index in [0.29, 0.717) is 17.1 Å². The summed E-state index contributed by atoms with van der Waals surface area (Å²) in [6.45, 7) is 0. The minimum atomic E-state index is -0.271. The Bertz CT molecular complexity index is 757. The Morgan fingerprint density at radius 1 is 1.14 bits per heavy atom. The Labute approximate surface area is 134 Å². The zero-order valence-electron chi connectivity index (χ0n) is 11.1. The van der Waals surface area contributed by atoms with Crippen molar-refractivity contribution in [3.8, 4) is 0 Å². The quantitative estimate of drug-likeness (QED) is 0.651. The molecule has 0 aliphatic carbocycles. The number of furan rings is 1. The normalized spacial score (nSPS) is 12.7. The van der Waals surface area contributed by atoms with Crippen molar-refractivity contribution < 1.29 is 8.81 Å². The summed E-state index contributed by atoms with van der Waals surface area (Å²) in [7, 11) is 0. The lowest BCUT2D eigenvalue weighted by atomic mass is 10.2. The van der Waals surface area contributed by atoms with Crippen molar-refractivity contribution in [1.82, 2.24) is 0 Å². The van der Waals surface area contributed by atoms with Crippen LogP contribution in [-0.4, -0.2) is 5.75 Å². The summed E-state index contributed by atoms with van der Waals surface area (Å²) >= 11 is 5.07. The van der Waals surface area contributed by atoms with Crippen LogP contribution in [0.25, 0.3) is 11.0 Å². The van der Waals surface area contributed by atoms with E-state index in [1.54, 1.807) is 17.8 Å². The molecule has 21 heavy (non-hydrogen) atoms. The molecule has 0 radical (unpaired) electrons. The summed E-state index contributed by atoms with van der Waals surface area (Å²) in [5.41, 5.74) is 6.82. The molecule has 2 aromatic carbocycles. The van der Waals surface area contributed by atoms with E-state index in [4.69, 9.17) is 10.2 Å². The summed E-state index contributed by atoms with van der Waals surface area (Å²) in [5.74, 6) is 1.11. The van der Waals surface area contributed by atoms with Gasteiger partial charge in [-0.15, -0.1) is 11.8 Å². The van der Waals surface area contributed by atoms with Crippen LogP contribution >= 0.6 is 27.7 Å². The Hall–Kier alpha value is -1.30. The maximum atomic E-state index is 13.2. The Kier molecular flexibility index (Phi) is 4.33. The second-order valence-corrected chi connectivity index (χ2v) is 6.71. The molecule has 0 amide bonds. The molecular formula is C16H13BrFNOS. The molecule has 0 aliphatic rings. The molecule has 3 rings (SSSR count). The molecule has 2 N–H and O–H groups in total. The van der Waals surface area contributed by atoms with Crippen molar-refractivity contribution >= 4 is 38.7 Å². The van der Waals surface area contributed by atoms with Crippen LogP contribution in [0.1, 0.15) is 11.8 Å². The summed E-state index contributed by atoms with van der Waals surface area (Å²) in [4.78, 5) is 1.15. The first-order chi connectivity index (χ1) is 10.1. The van der Waals surface area contributed by atoms with Crippen LogP contribution in [0.15, 0.2) is 62.3 Å². The van der Waals surface area contributed by atoms with Crippen LogP contribution in [0.4, 0.5) is 4.39 Å². The van der Waals surface area contributed by atoms with E-state index < -0.39 is 0 Å². The fraction of sp³-hybridized carbons (Fsp3) is 0.125. The summed E-state index contributed by atoms with van der Waals surface area (Å²) < 4.78 is 19.9. The number of nitrogens with two attached hydrogens (primary N) is 1. The summed E-state index contributed by atoms with van der Waals surface area (Å²) in [5, 5.41) is 0.745. The van der Waals surface area contributed by atoms with E-state index in [0.717, 1.165) is 14.8 Å². The molecule has 0 saturated heterocycles. The van der Waals surface area contributed by atoms with E-state index in [1.165, 1.54) is 12.1 Å². The first-order valence-electron chi connectivity index (χ1n) is 6.45. The molecule has 108 valence electrons. The molecule has 0 bridgehead atoms. The number of halogens is 2. The van der Waals surface area contributed by atoms with Crippen molar-refractivity contribution in [2.45, 2.75) is 10.9 Å². The number of rotatable bonds is 4. The first-order valence-corrected chi connectivity index (χ1v) is 8.22. The third-order valence-corrected chi connectivity index (χ3v) is 4.77. The maximum absolute atomic E-state index is 13.2. The third kappa shape index (κ3) is 3.48. The lowest BCUT2D eigenvalue weighted by molar-refractivity contribution is 0.515. The van der Waals surface area contributed by atoms with E-state index in [-0.39, 0.29) is 11.9 Å². The predicted octanol–water partition coefficient (Wildman–Crippen LogP) is 5.13. The van der Waals surface area contributed by atoms with Gasteiger partial charge in [-0.05, 0) is 48.5 Å². The molecule has 0 aliphatic heterocycles. The molecule has 0 spiro atoms. The number of hydrogen-bond donors (Lipinski definition) is 1. The SMILES string of the molecule is NC(CSc1ccc(Br)cc1)c1cc2cc(F)ccc2o1. The number of benzene rings is 2. The van der Waals surface area contributed by atoms with Gasteiger partial charge in [-0.1, -0.05) is 15.9 Å². The van der Waals surface area contributed by atoms with Gasteiger partial charge in [-0.2, -0.15) is 0 Å². The van der Waals surface area contributed by atoms with Crippen molar-refractivity contribution in [2.24, 2.45) is 5.73 Å². The zero-order valence-corrected chi connectivity index (χ0v) is 13.5. The van der Waals surface area contributed by atoms with Gasteiger partial charge in [0, 0.05) is 20.5 Å². The molecule has 1 atom stereocenters. The Morgan fingerprint density at radius 2 is 1.90 bits per heavy atom. The Balaban J connectivity index is 1.71. The number of fused-ring (bicyclic) bond motifs is 1. The predicted molar refractivity (Wildman–Crippen MR) is 88.0 cm³/mol. The number of hydrogen-bond acceptors (Lipinski definition) is 3. The minimum absolute atomic E-state index is 0.228. The highest BCUT2D eigenvalue weighted by Crippen LogP contribution is 2.28. The monoisotopic (exact) mass is 365 g/mol. The van der Waals surface area contributed by atoms with E-state index in [1.807, 2.05) is 30.3 Å². The van der Waals surface area contributed by atoms with Gasteiger partial charge < -0.3 is 10.2 Å². The van der Waals surface area contributed by atoms with Crippen LogP contribution in [-0.2, 0) is 0 Å². The lowest BCUT2D eigenvalue weighted by Gasteiger charge is -2.08. The summed E-state index contributed by atoms with van der Waals surface area (Å²) in [6, 6.07) is 14.1. The average molecular weight is 366 g/mol. The fourth-order valence-corrected chi connectivity index (χ4v) is 3.15. The van der Waals surface area contributed by atoms with Crippen molar-refractivity contribution in [3.63, 3.8) is 0 Å². The topological polar surface area (TPSA) is 39.2 Å². The van der Waals surface area contributed by atoms with Crippen LogP contribution in [0, 0.1) is 5.82 Å². The maximum Gasteiger partial charge on any atom is 0.134 e. The third-order valence-electron chi connectivity index (χ3n) is 3.11. The van der Waals surface area contributed by atoms with Gasteiger partial charge in [-0.25, -0.2) is 4.39 Å². The average Bonchev–Trinajstić information content (AvgIpc) is 2.89. The second-order valence-electron chi connectivity index (χ2n) is 4.70. The van der Waals surface area contributed by atoms with E-state index in [2.05, 4.69) is 15.9 Å². The van der Waals surface area contributed by atoms with Crippen molar-refractivity contribution in [3.05, 3.63) is 64.6 Å². The molecule has 5 heteroatoms. The van der Waals surface area contributed by atoms with Gasteiger partial charge in [0.25, 0.3) is 0 Å². The molecule has 2 nitrogen and oxygen atoms in total. The van der Waals surface area contributed by atoms with Crippen LogP contribution < -0.4 is 5.73 Å². The molecule has 3 aromatic rings. The molecule has 0 fully saturated rings. The smallest absolute Gasteiger partial charge is 0.134 e. The second kappa shape index (κ2) is 6.22. The molecule has 1 aromatic heterocycles. The minimum Gasteiger partial charge on any atom is -0.459 e. The largest absolute Gasteiger partial charge is 0.459 e. The van der Waals surface area contributed by atoms with E-state index in [9.17, 15) is 4.39 Å².